The van der Waals surface area contributed by atoms with Crippen LogP contribution in [0.2, 0.25) is 5.02 Å². The molecule has 0 spiro atoms. The van der Waals surface area contributed by atoms with Gasteiger partial charge < -0.3 is 5.73 Å². The van der Waals surface area contributed by atoms with Gasteiger partial charge in [0.1, 0.15) is 5.56 Å². The Hall–Kier alpha value is -1.30. The van der Waals surface area contributed by atoms with Gasteiger partial charge in [0, 0.05) is 6.20 Å². The highest BCUT2D eigenvalue weighted by Crippen LogP contribution is 2.30. The maximum Gasteiger partial charge on any atom is 0.266 e. The molecule has 0 radical (unpaired) electrons. The standard InChI is InChI=1S/C7H4ClF3N2O/c8-2-1-13-6(11)4(7(12)14)3(2)5(9)10/h1,5H,(H2,12,14). The van der Waals surface area contributed by atoms with Crippen LogP contribution in [0.3, 0.4) is 0 Å². The molecule has 3 nitrogen and oxygen atoms in total. The third kappa shape index (κ3) is 1.79. The Balaban J connectivity index is 3.50. The van der Waals surface area contributed by atoms with Gasteiger partial charge in [-0.2, -0.15) is 4.39 Å². The average Bonchev–Trinajstić information content (AvgIpc) is 2.07. The number of halogens is 4. The van der Waals surface area contributed by atoms with E-state index in [9.17, 15) is 18.0 Å². The normalized spacial score (nSPS) is 10.6. The molecule has 0 atom stereocenters. The van der Waals surface area contributed by atoms with Crippen LogP contribution >= 0.6 is 11.6 Å². The zero-order valence-electron chi connectivity index (χ0n) is 6.60. The first-order chi connectivity index (χ1) is 6.45. The lowest BCUT2D eigenvalue weighted by molar-refractivity contribution is 0.0980. The molecule has 1 aromatic heterocycles. The number of hydrogen-bond donors (Lipinski definition) is 1. The predicted molar refractivity (Wildman–Crippen MR) is 42.7 cm³/mol. The van der Waals surface area contributed by atoms with Crippen molar-refractivity contribution in [2.24, 2.45) is 5.73 Å². The SMILES string of the molecule is NC(=O)c1c(F)ncc(Cl)c1C(F)F. The number of primary amides is 1. The summed E-state index contributed by atoms with van der Waals surface area (Å²) < 4.78 is 37.5. The van der Waals surface area contributed by atoms with Crippen molar-refractivity contribution >= 4 is 17.5 Å². The zero-order chi connectivity index (χ0) is 10.9. The fourth-order valence-electron chi connectivity index (χ4n) is 0.926. The summed E-state index contributed by atoms with van der Waals surface area (Å²) in [5.74, 6) is -2.68. The lowest BCUT2D eigenvalue weighted by atomic mass is 10.1. The second-order valence-corrected chi connectivity index (χ2v) is 2.76. The van der Waals surface area contributed by atoms with Crippen molar-refractivity contribution in [3.63, 3.8) is 0 Å². The number of rotatable bonds is 2. The van der Waals surface area contributed by atoms with Gasteiger partial charge in [-0.3, -0.25) is 4.79 Å². The summed E-state index contributed by atoms with van der Waals surface area (Å²) in [6.07, 6.45) is -2.38. The number of carbonyl (C=O) groups is 1. The van der Waals surface area contributed by atoms with E-state index in [-0.39, 0.29) is 0 Å². The third-order valence-corrected chi connectivity index (χ3v) is 1.79. The summed E-state index contributed by atoms with van der Waals surface area (Å²) in [7, 11) is 0. The second kappa shape index (κ2) is 3.83. The Bertz CT molecular complexity index is 383. The minimum atomic E-state index is -3.08. The van der Waals surface area contributed by atoms with E-state index in [0.29, 0.717) is 6.20 Å². The molecule has 1 heterocycles. The highest BCUT2D eigenvalue weighted by Gasteiger charge is 2.24. The summed E-state index contributed by atoms with van der Waals surface area (Å²) in [6.45, 7) is 0. The molecule has 0 aliphatic carbocycles. The molecule has 0 aliphatic rings. The Kier molecular flexibility index (Phi) is 2.95. The number of aromatic nitrogens is 1. The molecule has 0 bridgehead atoms. The van der Waals surface area contributed by atoms with E-state index >= 15 is 0 Å². The summed E-state index contributed by atoms with van der Waals surface area (Å²) in [4.78, 5) is 13.7. The number of alkyl halides is 2. The molecular weight excluding hydrogens is 221 g/mol. The van der Waals surface area contributed by atoms with Gasteiger partial charge in [-0.05, 0) is 0 Å². The van der Waals surface area contributed by atoms with Gasteiger partial charge in [0.25, 0.3) is 12.3 Å². The van der Waals surface area contributed by atoms with Crippen molar-refractivity contribution in [2.75, 3.05) is 0 Å². The van der Waals surface area contributed by atoms with Crippen molar-refractivity contribution in [3.8, 4) is 0 Å². The zero-order valence-corrected chi connectivity index (χ0v) is 7.36. The Morgan fingerprint density at radius 2 is 2.14 bits per heavy atom. The van der Waals surface area contributed by atoms with Crippen LogP contribution in [0, 0.1) is 5.95 Å². The first-order valence-electron chi connectivity index (χ1n) is 3.37. The van der Waals surface area contributed by atoms with Gasteiger partial charge in [0.05, 0.1) is 10.6 Å². The molecule has 0 fully saturated rings. The summed E-state index contributed by atoms with van der Waals surface area (Å²) in [6, 6.07) is 0. The second-order valence-electron chi connectivity index (χ2n) is 2.35. The van der Waals surface area contributed by atoms with Crippen LogP contribution in [0.4, 0.5) is 13.2 Å². The van der Waals surface area contributed by atoms with Crippen LogP contribution in [0.15, 0.2) is 6.20 Å². The molecule has 1 amide bonds. The fraction of sp³-hybridized carbons (Fsp3) is 0.143. The lowest BCUT2D eigenvalue weighted by Gasteiger charge is -2.07. The van der Waals surface area contributed by atoms with E-state index in [1.165, 1.54) is 0 Å². The largest absolute Gasteiger partial charge is 0.365 e. The van der Waals surface area contributed by atoms with Crippen LogP contribution in [0.25, 0.3) is 0 Å². The number of hydrogen-bond acceptors (Lipinski definition) is 2. The molecule has 1 rings (SSSR count). The van der Waals surface area contributed by atoms with Gasteiger partial charge >= 0.3 is 0 Å². The first kappa shape index (κ1) is 10.8. The Morgan fingerprint density at radius 1 is 1.57 bits per heavy atom. The Labute approximate surface area is 81.7 Å². The van der Waals surface area contributed by atoms with E-state index in [1.807, 2.05) is 0 Å². The number of amides is 1. The smallest absolute Gasteiger partial charge is 0.266 e. The minimum absolute atomic E-state index is 0.491. The van der Waals surface area contributed by atoms with E-state index < -0.39 is 34.4 Å². The van der Waals surface area contributed by atoms with Crippen molar-refractivity contribution in [1.82, 2.24) is 4.98 Å². The molecule has 0 unspecified atom stereocenters. The van der Waals surface area contributed by atoms with Gasteiger partial charge in [-0.1, -0.05) is 11.6 Å². The molecule has 0 aliphatic heterocycles. The lowest BCUT2D eigenvalue weighted by Crippen LogP contribution is -2.17. The molecule has 0 saturated heterocycles. The highest BCUT2D eigenvalue weighted by atomic mass is 35.5. The highest BCUT2D eigenvalue weighted by molar-refractivity contribution is 6.31. The van der Waals surface area contributed by atoms with Crippen LogP contribution in [0.1, 0.15) is 22.3 Å². The molecule has 14 heavy (non-hydrogen) atoms. The van der Waals surface area contributed by atoms with Gasteiger partial charge in [-0.25, -0.2) is 13.8 Å². The predicted octanol–water partition coefficient (Wildman–Crippen LogP) is 1.91. The number of pyridine rings is 1. The Morgan fingerprint density at radius 3 is 2.50 bits per heavy atom. The third-order valence-electron chi connectivity index (χ3n) is 1.49. The molecule has 7 heteroatoms. The van der Waals surface area contributed by atoms with Gasteiger partial charge in [0.15, 0.2) is 0 Å². The van der Waals surface area contributed by atoms with Crippen molar-refractivity contribution in [1.29, 1.82) is 0 Å². The molecule has 76 valence electrons. The van der Waals surface area contributed by atoms with E-state index in [1.54, 1.807) is 0 Å². The number of carbonyl (C=O) groups excluding carboxylic acids is 1. The van der Waals surface area contributed by atoms with Crippen LogP contribution in [-0.2, 0) is 0 Å². The van der Waals surface area contributed by atoms with Crippen molar-refractivity contribution < 1.29 is 18.0 Å². The summed E-state index contributed by atoms with van der Waals surface area (Å²) >= 11 is 5.32. The van der Waals surface area contributed by atoms with Crippen LogP contribution in [-0.4, -0.2) is 10.9 Å². The maximum atomic E-state index is 12.8. The quantitative estimate of drug-likeness (QED) is 0.780. The average molecular weight is 225 g/mol. The van der Waals surface area contributed by atoms with E-state index in [0.717, 1.165) is 0 Å². The summed E-state index contributed by atoms with van der Waals surface area (Å²) in [5, 5.41) is -0.491. The molecular formula is C7H4ClF3N2O. The monoisotopic (exact) mass is 224 g/mol. The number of nitrogens with zero attached hydrogens (tertiary/aromatic N) is 1. The molecule has 1 aromatic rings. The topological polar surface area (TPSA) is 56.0 Å². The van der Waals surface area contributed by atoms with E-state index in [2.05, 4.69) is 4.98 Å². The summed E-state index contributed by atoms with van der Waals surface area (Å²) in [5.41, 5.74) is 2.82. The van der Waals surface area contributed by atoms with Gasteiger partial charge in [-0.15, -0.1) is 0 Å². The minimum Gasteiger partial charge on any atom is -0.365 e. The molecule has 2 N–H and O–H groups in total. The van der Waals surface area contributed by atoms with E-state index in [4.69, 9.17) is 17.3 Å². The van der Waals surface area contributed by atoms with Crippen LogP contribution < -0.4 is 5.73 Å². The first-order valence-corrected chi connectivity index (χ1v) is 3.74. The maximum absolute atomic E-state index is 12.8. The number of nitrogens with two attached hydrogens (primary N) is 1. The molecule has 0 saturated carbocycles. The van der Waals surface area contributed by atoms with Crippen LogP contribution in [0.5, 0.6) is 0 Å². The van der Waals surface area contributed by atoms with Crippen molar-refractivity contribution in [3.05, 3.63) is 28.3 Å². The van der Waals surface area contributed by atoms with Gasteiger partial charge in [0.2, 0.25) is 5.95 Å². The molecule has 0 aromatic carbocycles. The fourth-order valence-corrected chi connectivity index (χ4v) is 1.15. The van der Waals surface area contributed by atoms with Crippen molar-refractivity contribution in [2.45, 2.75) is 6.43 Å².